The van der Waals surface area contributed by atoms with E-state index in [0.717, 1.165) is 0 Å². The van der Waals surface area contributed by atoms with Crippen LogP contribution in [0.5, 0.6) is 11.5 Å². The Morgan fingerprint density at radius 2 is 2.12 bits per heavy atom. The van der Waals surface area contributed by atoms with E-state index >= 15 is 0 Å². The molecular formula is C17H16N4O3. The van der Waals surface area contributed by atoms with Gasteiger partial charge in [0.15, 0.2) is 0 Å². The van der Waals surface area contributed by atoms with Crippen molar-refractivity contribution >= 4 is 22.6 Å². The number of fused-ring (bicyclic) bond motifs is 1. The first kappa shape index (κ1) is 15.5. The Kier molecular flexibility index (Phi) is 3.91. The van der Waals surface area contributed by atoms with Gasteiger partial charge in [0.25, 0.3) is 5.91 Å². The van der Waals surface area contributed by atoms with E-state index in [1.165, 1.54) is 13.2 Å². The summed E-state index contributed by atoms with van der Waals surface area (Å²) in [5, 5.41) is 23.7. The van der Waals surface area contributed by atoms with Crippen molar-refractivity contribution in [3.63, 3.8) is 0 Å². The molecule has 0 aliphatic heterocycles. The van der Waals surface area contributed by atoms with E-state index in [9.17, 15) is 9.90 Å². The molecular weight excluding hydrogens is 308 g/mol. The van der Waals surface area contributed by atoms with Gasteiger partial charge in [0.05, 0.1) is 18.2 Å². The van der Waals surface area contributed by atoms with Crippen LogP contribution in [0.1, 0.15) is 6.92 Å². The number of nitrogens with zero attached hydrogens (tertiary/aromatic N) is 2. The fraction of sp³-hybridized carbons (Fsp3) is 0.118. The highest BCUT2D eigenvalue weighted by molar-refractivity contribution is 6.04. The quantitative estimate of drug-likeness (QED) is 0.506. The number of carbonyl (C=O) groups is 1. The monoisotopic (exact) mass is 324 g/mol. The number of aromatic nitrogens is 3. The van der Waals surface area contributed by atoms with Crippen LogP contribution >= 0.6 is 0 Å². The van der Waals surface area contributed by atoms with E-state index in [4.69, 9.17) is 4.74 Å². The Balaban J connectivity index is 2.17. The lowest BCUT2D eigenvalue weighted by atomic mass is 10.0. The lowest BCUT2D eigenvalue weighted by Gasteiger charge is -2.13. The van der Waals surface area contributed by atoms with Crippen LogP contribution in [-0.2, 0) is 4.79 Å². The molecule has 3 N–H and O–H groups in total. The van der Waals surface area contributed by atoms with Crippen LogP contribution in [0.15, 0.2) is 42.5 Å². The fourth-order valence-corrected chi connectivity index (χ4v) is 2.38. The third kappa shape index (κ3) is 2.67. The summed E-state index contributed by atoms with van der Waals surface area (Å²) in [5.74, 6) is 0.283. The van der Waals surface area contributed by atoms with Gasteiger partial charge in [-0.1, -0.05) is 11.8 Å². The molecule has 0 spiro atoms. The zero-order valence-electron chi connectivity index (χ0n) is 13.3. The first-order valence-corrected chi connectivity index (χ1v) is 7.19. The smallest absolute Gasteiger partial charge is 0.250 e. The standard InChI is InChI=1S/C17H16N4O3/c1-9(2)17(23)18-10-4-6-13(22)11(8-10)15-14(24-3)7-5-12-16(15)20-21-19-12/h4-8,22H,1H2,2-3H3,(H,18,23)(H,19,20,21). The summed E-state index contributed by atoms with van der Waals surface area (Å²) in [5.41, 5.74) is 3.26. The number of benzene rings is 2. The second kappa shape index (κ2) is 6.04. The Morgan fingerprint density at radius 3 is 2.83 bits per heavy atom. The zero-order valence-corrected chi connectivity index (χ0v) is 13.3. The molecule has 3 rings (SSSR count). The van der Waals surface area contributed by atoms with Gasteiger partial charge in [0.2, 0.25) is 0 Å². The van der Waals surface area contributed by atoms with Crippen LogP contribution in [0.2, 0.25) is 0 Å². The van der Waals surface area contributed by atoms with Gasteiger partial charge in [-0.05, 0) is 37.3 Å². The molecule has 1 amide bonds. The highest BCUT2D eigenvalue weighted by atomic mass is 16.5. The number of carbonyl (C=O) groups excluding carboxylic acids is 1. The number of methoxy groups -OCH3 is 1. The van der Waals surface area contributed by atoms with E-state index in [1.807, 2.05) is 0 Å². The highest BCUT2D eigenvalue weighted by Gasteiger charge is 2.17. The topological polar surface area (TPSA) is 100 Å². The van der Waals surface area contributed by atoms with Crippen molar-refractivity contribution in [2.75, 3.05) is 12.4 Å². The molecule has 0 saturated heterocycles. The Bertz CT molecular complexity index is 946. The number of amides is 1. The van der Waals surface area contributed by atoms with Gasteiger partial charge >= 0.3 is 0 Å². The molecule has 0 aliphatic rings. The summed E-state index contributed by atoms with van der Waals surface area (Å²) in [6.45, 7) is 5.23. The van der Waals surface area contributed by atoms with Crippen LogP contribution in [-0.4, -0.2) is 33.5 Å². The number of H-pyrrole nitrogens is 1. The van der Waals surface area contributed by atoms with Gasteiger partial charge in [-0.15, -0.1) is 5.10 Å². The van der Waals surface area contributed by atoms with Crippen LogP contribution in [0.3, 0.4) is 0 Å². The summed E-state index contributed by atoms with van der Waals surface area (Å²) >= 11 is 0. The molecule has 7 nitrogen and oxygen atoms in total. The van der Waals surface area contributed by atoms with Crippen LogP contribution in [0, 0.1) is 0 Å². The number of rotatable bonds is 4. The molecule has 0 fully saturated rings. The van der Waals surface area contributed by atoms with Crippen LogP contribution in [0.25, 0.3) is 22.2 Å². The maximum Gasteiger partial charge on any atom is 0.250 e. The fourth-order valence-electron chi connectivity index (χ4n) is 2.38. The second-order valence-corrected chi connectivity index (χ2v) is 5.32. The molecule has 0 saturated carbocycles. The number of anilines is 1. The summed E-state index contributed by atoms with van der Waals surface area (Å²) in [7, 11) is 1.54. The van der Waals surface area contributed by atoms with E-state index in [1.54, 1.807) is 31.2 Å². The molecule has 0 radical (unpaired) electrons. The van der Waals surface area contributed by atoms with Crippen molar-refractivity contribution in [3.05, 3.63) is 42.5 Å². The van der Waals surface area contributed by atoms with Crippen molar-refractivity contribution in [1.29, 1.82) is 0 Å². The van der Waals surface area contributed by atoms with Crippen LogP contribution < -0.4 is 10.1 Å². The number of aromatic amines is 1. The largest absolute Gasteiger partial charge is 0.507 e. The number of phenolic OH excluding ortho intramolecular Hbond substituents is 1. The average molecular weight is 324 g/mol. The number of nitrogens with one attached hydrogen (secondary N) is 2. The summed E-state index contributed by atoms with van der Waals surface area (Å²) in [4.78, 5) is 11.8. The first-order chi connectivity index (χ1) is 11.5. The maximum atomic E-state index is 11.8. The predicted octanol–water partition coefficient (Wildman–Crippen LogP) is 2.85. The number of ether oxygens (including phenoxy) is 1. The molecule has 0 atom stereocenters. The van der Waals surface area contributed by atoms with Crippen molar-refractivity contribution in [3.8, 4) is 22.6 Å². The van der Waals surface area contributed by atoms with Gasteiger partial charge in [-0.3, -0.25) is 9.89 Å². The number of hydrogen-bond acceptors (Lipinski definition) is 5. The van der Waals surface area contributed by atoms with E-state index in [2.05, 4.69) is 27.3 Å². The van der Waals surface area contributed by atoms with E-state index in [-0.39, 0.29) is 11.7 Å². The normalized spacial score (nSPS) is 10.6. The van der Waals surface area contributed by atoms with Gasteiger partial charge in [-0.25, -0.2) is 0 Å². The van der Waals surface area contributed by atoms with E-state index < -0.39 is 0 Å². The number of hydrogen-bond donors (Lipinski definition) is 3. The Morgan fingerprint density at radius 1 is 1.33 bits per heavy atom. The molecule has 0 bridgehead atoms. The number of phenols is 1. The third-order valence-electron chi connectivity index (χ3n) is 3.59. The molecule has 3 aromatic rings. The molecule has 1 heterocycles. The van der Waals surface area contributed by atoms with Gasteiger partial charge in [-0.2, -0.15) is 0 Å². The molecule has 122 valence electrons. The average Bonchev–Trinajstić information content (AvgIpc) is 3.04. The minimum atomic E-state index is -0.293. The minimum Gasteiger partial charge on any atom is -0.507 e. The first-order valence-electron chi connectivity index (χ1n) is 7.19. The van der Waals surface area contributed by atoms with Gasteiger partial charge < -0.3 is 15.2 Å². The lowest BCUT2D eigenvalue weighted by Crippen LogP contribution is -2.11. The molecule has 7 heteroatoms. The molecule has 0 aliphatic carbocycles. The zero-order chi connectivity index (χ0) is 17.3. The van der Waals surface area contributed by atoms with Crippen molar-refractivity contribution in [2.45, 2.75) is 6.92 Å². The van der Waals surface area contributed by atoms with Gasteiger partial charge in [0.1, 0.15) is 17.0 Å². The summed E-state index contributed by atoms with van der Waals surface area (Å²) in [6.07, 6.45) is 0. The number of aromatic hydroxyl groups is 1. The summed E-state index contributed by atoms with van der Waals surface area (Å²) in [6, 6.07) is 8.32. The Labute approximate surface area is 138 Å². The minimum absolute atomic E-state index is 0.0390. The van der Waals surface area contributed by atoms with E-state index in [0.29, 0.717) is 39.2 Å². The van der Waals surface area contributed by atoms with Crippen molar-refractivity contribution in [1.82, 2.24) is 15.4 Å². The molecule has 24 heavy (non-hydrogen) atoms. The molecule has 1 aromatic heterocycles. The summed E-state index contributed by atoms with van der Waals surface area (Å²) < 4.78 is 5.40. The second-order valence-electron chi connectivity index (χ2n) is 5.32. The SMILES string of the molecule is C=C(C)C(=O)Nc1ccc(O)c(-c2c(OC)ccc3[nH]nnc23)c1. The Hall–Kier alpha value is -3.35. The third-order valence-corrected chi connectivity index (χ3v) is 3.59. The molecule has 2 aromatic carbocycles. The highest BCUT2D eigenvalue weighted by Crippen LogP contribution is 2.41. The lowest BCUT2D eigenvalue weighted by molar-refractivity contribution is -0.112. The van der Waals surface area contributed by atoms with Crippen molar-refractivity contribution in [2.24, 2.45) is 0 Å². The maximum absolute atomic E-state index is 11.8. The van der Waals surface area contributed by atoms with Crippen molar-refractivity contribution < 1.29 is 14.6 Å². The molecule has 0 unspecified atom stereocenters. The predicted molar refractivity (Wildman–Crippen MR) is 91.0 cm³/mol. The van der Waals surface area contributed by atoms with Gasteiger partial charge in [0, 0.05) is 16.8 Å². The van der Waals surface area contributed by atoms with Crippen LogP contribution in [0.4, 0.5) is 5.69 Å².